The summed E-state index contributed by atoms with van der Waals surface area (Å²) in [6, 6.07) is 4.61. The second kappa shape index (κ2) is 5.93. The van der Waals surface area contributed by atoms with Crippen LogP contribution in [0.5, 0.6) is 0 Å². The number of rotatable bonds is 3. The van der Waals surface area contributed by atoms with Crippen LogP contribution >= 0.6 is 0 Å². The summed E-state index contributed by atoms with van der Waals surface area (Å²) in [7, 11) is 1.24. The molecule has 4 nitrogen and oxygen atoms in total. The van der Waals surface area contributed by atoms with E-state index in [9.17, 15) is 9.18 Å². The molecule has 0 N–H and O–H groups in total. The smallest absolute Gasteiger partial charge is 0.340 e. The molecule has 0 atom stereocenters. The van der Waals surface area contributed by atoms with Crippen LogP contribution in [-0.4, -0.2) is 44.3 Å². The van der Waals surface area contributed by atoms with Gasteiger partial charge in [-0.2, -0.15) is 0 Å². The minimum atomic E-state index is -0.648. The largest absolute Gasteiger partial charge is 0.465 e. The first-order valence-corrected chi connectivity index (χ1v) is 5.87. The van der Waals surface area contributed by atoms with Crippen molar-refractivity contribution in [2.45, 2.75) is 6.54 Å². The van der Waals surface area contributed by atoms with Gasteiger partial charge in [-0.15, -0.1) is 0 Å². The van der Waals surface area contributed by atoms with E-state index < -0.39 is 11.8 Å². The fourth-order valence-electron chi connectivity index (χ4n) is 1.95. The van der Waals surface area contributed by atoms with Gasteiger partial charge in [0, 0.05) is 19.6 Å². The van der Waals surface area contributed by atoms with Crippen molar-refractivity contribution in [3.8, 4) is 0 Å². The zero-order valence-electron chi connectivity index (χ0n) is 10.3. The summed E-state index contributed by atoms with van der Waals surface area (Å²) in [6.07, 6.45) is 0. The first kappa shape index (κ1) is 13.0. The normalized spacial score (nSPS) is 16.6. The lowest BCUT2D eigenvalue weighted by atomic mass is 10.1. The van der Waals surface area contributed by atoms with Gasteiger partial charge in [0.1, 0.15) is 5.82 Å². The first-order chi connectivity index (χ1) is 8.70. The highest BCUT2D eigenvalue weighted by Crippen LogP contribution is 2.14. The van der Waals surface area contributed by atoms with Crippen molar-refractivity contribution < 1.29 is 18.7 Å². The number of benzene rings is 1. The molecule has 2 rings (SSSR count). The Kier molecular flexibility index (Phi) is 4.28. The number of carbonyl (C=O) groups excluding carboxylic acids is 1. The van der Waals surface area contributed by atoms with Crippen LogP contribution in [0, 0.1) is 5.82 Å². The first-order valence-electron chi connectivity index (χ1n) is 5.87. The maximum Gasteiger partial charge on any atom is 0.340 e. The quantitative estimate of drug-likeness (QED) is 0.764. The van der Waals surface area contributed by atoms with E-state index >= 15 is 0 Å². The van der Waals surface area contributed by atoms with E-state index in [0.717, 1.165) is 18.7 Å². The van der Waals surface area contributed by atoms with Gasteiger partial charge in [-0.25, -0.2) is 9.18 Å². The highest BCUT2D eigenvalue weighted by molar-refractivity contribution is 5.89. The molecule has 1 aliphatic rings. The van der Waals surface area contributed by atoms with E-state index in [4.69, 9.17) is 4.74 Å². The third kappa shape index (κ3) is 3.05. The maximum absolute atomic E-state index is 13.7. The SMILES string of the molecule is COC(=O)c1ccc(CN2CCOCC2)cc1F. The summed E-state index contributed by atoms with van der Waals surface area (Å²) in [5, 5.41) is 0. The fourth-order valence-corrected chi connectivity index (χ4v) is 1.95. The van der Waals surface area contributed by atoms with E-state index in [1.54, 1.807) is 6.07 Å². The predicted octanol–water partition coefficient (Wildman–Crippen LogP) is 1.44. The van der Waals surface area contributed by atoms with Crippen molar-refractivity contribution in [1.29, 1.82) is 0 Å². The molecule has 0 unspecified atom stereocenters. The number of esters is 1. The standard InChI is InChI=1S/C13H16FNO3/c1-17-13(16)11-3-2-10(8-12(11)14)9-15-4-6-18-7-5-15/h2-3,8H,4-7,9H2,1H3. The molecule has 1 aromatic carbocycles. The Balaban J connectivity index is 2.06. The Bertz CT molecular complexity index is 430. The molecule has 98 valence electrons. The number of morpholine rings is 1. The van der Waals surface area contributed by atoms with Gasteiger partial charge in [-0.05, 0) is 17.7 Å². The lowest BCUT2D eigenvalue weighted by Crippen LogP contribution is -2.35. The third-order valence-corrected chi connectivity index (χ3v) is 2.95. The van der Waals surface area contributed by atoms with Crippen molar-refractivity contribution in [3.05, 3.63) is 35.1 Å². The van der Waals surface area contributed by atoms with Crippen molar-refractivity contribution in [3.63, 3.8) is 0 Å². The minimum Gasteiger partial charge on any atom is -0.465 e. The second-order valence-corrected chi connectivity index (χ2v) is 4.19. The Morgan fingerprint density at radius 1 is 1.44 bits per heavy atom. The highest BCUT2D eigenvalue weighted by atomic mass is 19.1. The third-order valence-electron chi connectivity index (χ3n) is 2.95. The monoisotopic (exact) mass is 253 g/mol. The van der Waals surface area contributed by atoms with Gasteiger partial charge in [0.05, 0.1) is 25.9 Å². The number of nitrogens with zero attached hydrogens (tertiary/aromatic N) is 1. The molecule has 1 heterocycles. The summed E-state index contributed by atoms with van der Waals surface area (Å²) >= 11 is 0. The fraction of sp³-hybridized carbons (Fsp3) is 0.462. The van der Waals surface area contributed by atoms with Gasteiger partial charge < -0.3 is 9.47 Å². The van der Waals surface area contributed by atoms with E-state index in [1.165, 1.54) is 19.2 Å². The second-order valence-electron chi connectivity index (χ2n) is 4.19. The molecule has 1 aliphatic heterocycles. The van der Waals surface area contributed by atoms with Gasteiger partial charge in [0.15, 0.2) is 0 Å². The topological polar surface area (TPSA) is 38.8 Å². The summed E-state index contributed by atoms with van der Waals surface area (Å²) in [6.45, 7) is 3.79. The van der Waals surface area contributed by atoms with Gasteiger partial charge >= 0.3 is 5.97 Å². The zero-order valence-corrected chi connectivity index (χ0v) is 10.3. The molecular formula is C13H16FNO3. The number of halogens is 1. The highest BCUT2D eigenvalue weighted by Gasteiger charge is 2.15. The van der Waals surface area contributed by atoms with Crippen LogP contribution in [0.25, 0.3) is 0 Å². The number of methoxy groups -OCH3 is 1. The van der Waals surface area contributed by atoms with Crippen LogP contribution in [0.3, 0.4) is 0 Å². The summed E-state index contributed by atoms with van der Waals surface area (Å²) in [4.78, 5) is 13.4. The molecule has 1 aromatic rings. The van der Waals surface area contributed by atoms with Crippen LogP contribution in [-0.2, 0) is 16.0 Å². The predicted molar refractivity (Wildman–Crippen MR) is 63.8 cm³/mol. The number of hydrogen-bond donors (Lipinski definition) is 0. The van der Waals surface area contributed by atoms with Crippen LogP contribution in [0.2, 0.25) is 0 Å². The Hall–Kier alpha value is -1.46. The summed E-state index contributed by atoms with van der Waals surface area (Å²) < 4.78 is 23.4. The van der Waals surface area contributed by atoms with E-state index in [2.05, 4.69) is 9.64 Å². The van der Waals surface area contributed by atoms with E-state index in [0.29, 0.717) is 19.8 Å². The lowest BCUT2D eigenvalue weighted by Gasteiger charge is -2.26. The molecular weight excluding hydrogens is 237 g/mol. The molecule has 1 saturated heterocycles. The van der Waals surface area contributed by atoms with Gasteiger partial charge in [-0.1, -0.05) is 6.07 Å². The molecule has 0 saturated carbocycles. The summed E-state index contributed by atoms with van der Waals surface area (Å²) in [5.41, 5.74) is 0.824. The Morgan fingerprint density at radius 3 is 2.78 bits per heavy atom. The van der Waals surface area contributed by atoms with E-state index in [-0.39, 0.29) is 5.56 Å². The average Bonchev–Trinajstić information content (AvgIpc) is 2.39. The van der Waals surface area contributed by atoms with Crippen LogP contribution < -0.4 is 0 Å². The molecule has 5 heteroatoms. The average molecular weight is 253 g/mol. The zero-order chi connectivity index (χ0) is 13.0. The Labute approximate surface area is 105 Å². The maximum atomic E-state index is 13.7. The van der Waals surface area contributed by atoms with Crippen LogP contribution in [0.4, 0.5) is 4.39 Å². The number of ether oxygens (including phenoxy) is 2. The van der Waals surface area contributed by atoms with Crippen molar-refractivity contribution in [2.24, 2.45) is 0 Å². The lowest BCUT2D eigenvalue weighted by molar-refractivity contribution is 0.0341. The molecule has 18 heavy (non-hydrogen) atoms. The molecule has 0 aliphatic carbocycles. The van der Waals surface area contributed by atoms with Gasteiger partial charge in [0.25, 0.3) is 0 Å². The molecule has 0 amide bonds. The number of carbonyl (C=O) groups is 1. The molecule has 0 spiro atoms. The van der Waals surface area contributed by atoms with Crippen molar-refractivity contribution >= 4 is 5.97 Å². The molecule has 1 fully saturated rings. The van der Waals surface area contributed by atoms with Crippen molar-refractivity contribution in [2.75, 3.05) is 33.4 Å². The minimum absolute atomic E-state index is 0.0248. The molecule has 0 radical (unpaired) electrons. The summed E-state index contributed by atoms with van der Waals surface area (Å²) in [5.74, 6) is -1.18. The van der Waals surface area contributed by atoms with Crippen LogP contribution in [0.15, 0.2) is 18.2 Å². The van der Waals surface area contributed by atoms with E-state index in [1.807, 2.05) is 0 Å². The Morgan fingerprint density at radius 2 is 2.17 bits per heavy atom. The van der Waals surface area contributed by atoms with Gasteiger partial charge in [-0.3, -0.25) is 4.90 Å². The number of hydrogen-bond acceptors (Lipinski definition) is 4. The molecule has 0 bridgehead atoms. The molecule has 0 aromatic heterocycles. The van der Waals surface area contributed by atoms with Crippen molar-refractivity contribution in [1.82, 2.24) is 4.90 Å². The van der Waals surface area contributed by atoms with Crippen LogP contribution in [0.1, 0.15) is 15.9 Å². The van der Waals surface area contributed by atoms with Gasteiger partial charge in [0.2, 0.25) is 0 Å².